The predicted octanol–water partition coefficient (Wildman–Crippen LogP) is 2.55. The Morgan fingerprint density at radius 2 is 2.17 bits per heavy atom. The van der Waals surface area contributed by atoms with E-state index >= 15 is 0 Å². The lowest BCUT2D eigenvalue weighted by Gasteiger charge is -2.17. The molecular weight excluding hydrogens is 252 g/mol. The van der Waals surface area contributed by atoms with Crippen LogP contribution in [0.2, 0.25) is 5.02 Å². The number of ether oxygens (including phenoxy) is 1. The van der Waals surface area contributed by atoms with Crippen LogP contribution in [0.25, 0.3) is 0 Å². The summed E-state index contributed by atoms with van der Waals surface area (Å²) in [5.74, 6) is -0.612. The maximum Gasteiger partial charge on any atom is 0.342 e. The molecule has 1 aromatic rings. The minimum atomic E-state index is -0.612. The summed E-state index contributed by atoms with van der Waals surface area (Å²) in [7, 11) is 0. The van der Waals surface area contributed by atoms with E-state index in [1.807, 2.05) is 6.07 Å². The number of carbonyl (C=O) groups is 1. The minimum absolute atomic E-state index is 0.102. The van der Waals surface area contributed by atoms with E-state index in [1.165, 1.54) is 0 Å². The fourth-order valence-electron chi connectivity index (χ4n) is 1.37. The highest BCUT2D eigenvalue weighted by Gasteiger charge is 2.23. The van der Waals surface area contributed by atoms with Crippen molar-refractivity contribution in [3.8, 4) is 6.07 Å². The van der Waals surface area contributed by atoms with Gasteiger partial charge >= 0.3 is 5.97 Å². The van der Waals surface area contributed by atoms with Crippen LogP contribution in [0.5, 0.6) is 0 Å². The van der Waals surface area contributed by atoms with Crippen LogP contribution in [-0.4, -0.2) is 5.97 Å². The van der Waals surface area contributed by atoms with Crippen molar-refractivity contribution in [3.05, 3.63) is 65.0 Å². The van der Waals surface area contributed by atoms with Crippen molar-refractivity contribution < 1.29 is 9.53 Å². The van der Waals surface area contributed by atoms with Crippen LogP contribution in [0.15, 0.2) is 48.2 Å². The van der Waals surface area contributed by atoms with E-state index in [2.05, 4.69) is 5.32 Å². The number of carbonyl (C=O) groups excluding carboxylic acids is 1. The Kier molecular flexibility index (Phi) is 3.66. The molecule has 1 N–H and O–H groups in total. The number of halogens is 1. The zero-order chi connectivity index (χ0) is 13.0. The Labute approximate surface area is 109 Å². The maximum absolute atomic E-state index is 11.9. The van der Waals surface area contributed by atoms with Crippen LogP contribution in [0.3, 0.4) is 0 Å². The van der Waals surface area contributed by atoms with Gasteiger partial charge in [-0.15, -0.1) is 0 Å². The monoisotopic (exact) mass is 259 g/mol. The minimum Gasteiger partial charge on any atom is -0.423 e. The summed E-state index contributed by atoms with van der Waals surface area (Å²) in [6, 6.07) is 8.48. The Bertz CT molecular complexity index is 573. The molecule has 0 saturated carbocycles. The molecule has 0 spiro atoms. The molecule has 1 aromatic carbocycles. The van der Waals surface area contributed by atoms with Gasteiger partial charge in [0.15, 0.2) is 0 Å². The zero-order valence-electron chi connectivity index (χ0n) is 9.18. The average Bonchev–Trinajstić information content (AvgIpc) is 2.39. The SMILES string of the molecule is N#CC1=CC=CN[C]1OC(=O)c1ccccc1Cl. The lowest BCUT2D eigenvalue weighted by molar-refractivity contribution is 0.0530. The Hall–Kier alpha value is -2.25. The van der Waals surface area contributed by atoms with E-state index in [-0.39, 0.29) is 17.4 Å². The molecule has 5 heteroatoms. The van der Waals surface area contributed by atoms with Crippen molar-refractivity contribution in [2.75, 3.05) is 0 Å². The van der Waals surface area contributed by atoms with Gasteiger partial charge in [0.2, 0.25) is 0 Å². The summed E-state index contributed by atoms with van der Waals surface area (Å²) in [6.07, 6.45) is 4.86. The van der Waals surface area contributed by atoms with Crippen molar-refractivity contribution in [1.82, 2.24) is 5.32 Å². The highest BCUT2D eigenvalue weighted by molar-refractivity contribution is 6.33. The van der Waals surface area contributed by atoms with E-state index in [0.717, 1.165) is 0 Å². The fraction of sp³-hybridized carbons (Fsp3) is 0. The van der Waals surface area contributed by atoms with E-state index in [1.54, 1.807) is 42.6 Å². The number of rotatable bonds is 2. The van der Waals surface area contributed by atoms with Crippen LogP contribution in [0.4, 0.5) is 0 Å². The summed E-state index contributed by atoms with van der Waals surface area (Å²) in [5, 5.41) is 11.9. The van der Waals surface area contributed by atoms with Gasteiger partial charge in [0.05, 0.1) is 10.6 Å². The van der Waals surface area contributed by atoms with Gasteiger partial charge in [-0.05, 0) is 24.3 Å². The van der Waals surface area contributed by atoms with Crippen LogP contribution < -0.4 is 5.32 Å². The van der Waals surface area contributed by atoms with Crippen LogP contribution in [0.1, 0.15) is 10.4 Å². The summed E-state index contributed by atoms with van der Waals surface area (Å²) in [6.45, 7) is 0. The van der Waals surface area contributed by atoms with Crippen molar-refractivity contribution in [2.45, 2.75) is 0 Å². The molecule has 1 radical (unpaired) electrons. The van der Waals surface area contributed by atoms with Gasteiger partial charge in [0, 0.05) is 6.20 Å². The van der Waals surface area contributed by atoms with Crippen LogP contribution >= 0.6 is 11.6 Å². The number of nitrogens with one attached hydrogen (secondary N) is 1. The van der Waals surface area contributed by atoms with Crippen molar-refractivity contribution >= 4 is 17.6 Å². The normalized spacial score (nSPS) is 14.3. The largest absolute Gasteiger partial charge is 0.423 e. The van der Waals surface area contributed by atoms with Gasteiger partial charge in [-0.25, -0.2) is 4.79 Å². The Balaban J connectivity index is 2.14. The summed E-state index contributed by atoms with van der Waals surface area (Å²) in [4.78, 5) is 11.9. The number of allylic oxidation sites excluding steroid dienone is 2. The summed E-state index contributed by atoms with van der Waals surface area (Å²) in [5.41, 5.74) is 0.498. The van der Waals surface area contributed by atoms with Crippen molar-refractivity contribution in [2.24, 2.45) is 0 Å². The molecule has 0 saturated heterocycles. The molecule has 0 bridgehead atoms. The number of nitrogens with zero attached hydrogens (tertiary/aromatic N) is 1. The molecule has 2 rings (SSSR count). The third-order valence-corrected chi connectivity index (χ3v) is 2.56. The zero-order valence-corrected chi connectivity index (χ0v) is 9.94. The summed E-state index contributed by atoms with van der Waals surface area (Å²) < 4.78 is 5.10. The summed E-state index contributed by atoms with van der Waals surface area (Å²) >= 11 is 5.88. The molecule has 0 atom stereocenters. The first kappa shape index (κ1) is 12.2. The molecule has 1 aliphatic rings. The number of hydrogen-bond donors (Lipinski definition) is 1. The topological polar surface area (TPSA) is 62.1 Å². The molecule has 0 aromatic heterocycles. The van der Waals surface area contributed by atoms with Crippen molar-refractivity contribution in [3.63, 3.8) is 0 Å². The molecule has 0 unspecified atom stereocenters. The Morgan fingerprint density at radius 3 is 2.89 bits per heavy atom. The Morgan fingerprint density at radius 1 is 1.39 bits per heavy atom. The number of hydrogen-bond acceptors (Lipinski definition) is 4. The first-order valence-corrected chi connectivity index (χ1v) is 5.47. The molecule has 0 fully saturated rings. The molecule has 89 valence electrons. The molecule has 0 amide bonds. The van der Waals surface area contributed by atoms with E-state index in [0.29, 0.717) is 5.02 Å². The van der Waals surface area contributed by atoms with Crippen molar-refractivity contribution in [1.29, 1.82) is 5.26 Å². The second-order valence-electron chi connectivity index (χ2n) is 3.39. The van der Waals surface area contributed by atoms with Gasteiger partial charge in [0.25, 0.3) is 6.23 Å². The van der Waals surface area contributed by atoms with E-state index in [4.69, 9.17) is 21.6 Å². The first-order valence-electron chi connectivity index (χ1n) is 5.10. The van der Waals surface area contributed by atoms with E-state index in [9.17, 15) is 4.79 Å². The second kappa shape index (κ2) is 5.39. The highest BCUT2D eigenvalue weighted by Crippen LogP contribution is 2.21. The first-order chi connectivity index (χ1) is 8.72. The van der Waals surface area contributed by atoms with Crippen LogP contribution in [-0.2, 0) is 4.74 Å². The van der Waals surface area contributed by atoms with Gasteiger partial charge in [-0.2, -0.15) is 5.26 Å². The number of esters is 1. The number of dihydropyridines is 1. The molecular formula is C13H8ClN2O2. The van der Waals surface area contributed by atoms with E-state index < -0.39 is 5.97 Å². The lowest BCUT2D eigenvalue weighted by Crippen LogP contribution is -2.25. The number of nitriles is 1. The molecule has 1 aliphatic heterocycles. The molecule has 0 aliphatic carbocycles. The van der Waals surface area contributed by atoms with Gasteiger partial charge in [0.1, 0.15) is 11.6 Å². The second-order valence-corrected chi connectivity index (χ2v) is 3.80. The third kappa shape index (κ3) is 2.53. The maximum atomic E-state index is 11.9. The third-order valence-electron chi connectivity index (χ3n) is 2.23. The van der Waals surface area contributed by atoms with Crippen LogP contribution in [0, 0.1) is 17.6 Å². The predicted molar refractivity (Wildman–Crippen MR) is 66.1 cm³/mol. The van der Waals surface area contributed by atoms with Gasteiger partial charge in [-0.1, -0.05) is 23.7 Å². The standard InChI is InChI=1S/C13H8ClN2O2/c14-11-6-2-1-5-10(11)13(17)18-12-9(8-15)4-3-7-16-12/h1-7,16H. The highest BCUT2D eigenvalue weighted by atomic mass is 35.5. The molecule has 18 heavy (non-hydrogen) atoms. The molecule has 4 nitrogen and oxygen atoms in total. The smallest absolute Gasteiger partial charge is 0.342 e. The number of benzene rings is 1. The fourth-order valence-corrected chi connectivity index (χ4v) is 1.58. The molecule has 1 heterocycles. The van der Waals surface area contributed by atoms with Gasteiger partial charge in [-0.3, -0.25) is 0 Å². The lowest BCUT2D eigenvalue weighted by atomic mass is 10.2. The van der Waals surface area contributed by atoms with Gasteiger partial charge < -0.3 is 10.1 Å². The average molecular weight is 260 g/mol. The quantitative estimate of drug-likeness (QED) is 0.829.